The van der Waals surface area contributed by atoms with Gasteiger partial charge in [0.05, 0.1) is 25.1 Å². The van der Waals surface area contributed by atoms with Crippen molar-refractivity contribution in [1.29, 1.82) is 0 Å². The first-order valence-electron chi connectivity index (χ1n) is 5.39. The second kappa shape index (κ2) is 4.03. The van der Waals surface area contributed by atoms with Gasteiger partial charge in [0.15, 0.2) is 5.75 Å². The number of aromatic nitrogens is 2. The van der Waals surface area contributed by atoms with Gasteiger partial charge in [-0.1, -0.05) is 12.1 Å². The standard InChI is InChI=1S/C13H10N2O3/c1-17-12-10(7-14-15-13(12)16)8-3-2-4-11-9(8)5-6-18-11/h2-7H,1H3,(H,15,16). The fourth-order valence-corrected chi connectivity index (χ4v) is 2.01. The van der Waals surface area contributed by atoms with E-state index in [-0.39, 0.29) is 11.3 Å². The third-order valence-electron chi connectivity index (χ3n) is 2.80. The zero-order chi connectivity index (χ0) is 12.5. The molecule has 0 unspecified atom stereocenters. The quantitative estimate of drug-likeness (QED) is 0.747. The lowest BCUT2D eigenvalue weighted by Crippen LogP contribution is -2.11. The predicted octanol–water partition coefficient (Wildman–Crippen LogP) is 2.19. The monoisotopic (exact) mass is 242 g/mol. The number of benzene rings is 1. The number of ether oxygens (including phenoxy) is 1. The van der Waals surface area contributed by atoms with Crippen LogP contribution in [0, 0.1) is 0 Å². The van der Waals surface area contributed by atoms with Gasteiger partial charge in [-0.25, -0.2) is 5.10 Å². The van der Waals surface area contributed by atoms with E-state index in [2.05, 4.69) is 10.2 Å². The summed E-state index contributed by atoms with van der Waals surface area (Å²) in [6, 6.07) is 7.48. The van der Waals surface area contributed by atoms with Crippen LogP contribution in [-0.2, 0) is 0 Å². The summed E-state index contributed by atoms with van der Waals surface area (Å²) in [6.07, 6.45) is 3.18. The van der Waals surface area contributed by atoms with Crippen molar-refractivity contribution in [3.63, 3.8) is 0 Å². The van der Waals surface area contributed by atoms with Gasteiger partial charge < -0.3 is 9.15 Å². The van der Waals surface area contributed by atoms with E-state index in [0.29, 0.717) is 5.56 Å². The second-order valence-electron chi connectivity index (χ2n) is 3.78. The summed E-state index contributed by atoms with van der Waals surface area (Å²) in [5, 5.41) is 7.08. The smallest absolute Gasteiger partial charge is 0.307 e. The lowest BCUT2D eigenvalue weighted by molar-refractivity contribution is 0.408. The van der Waals surface area contributed by atoms with Gasteiger partial charge in [0.1, 0.15) is 5.58 Å². The zero-order valence-corrected chi connectivity index (χ0v) is 9.64. The molecule has 0 fully saturated rings. The number of hydrogen-bond acceptors (Lipinski definition) is 4. The molecular weight excluding hydrogens is 232 g/mol. The molecular formula is C13H10N2O3. The predicted molar refractivity (Wildman–Crippen MR) is 66.6 cm³/mol. The number of hydrogen-bond donors (Lipinski definition) is 1. The molecule has 0 aliphatic carbocycles. The molecule has 0 amide bonds. The molecule has 1 aromatic carbocycles. The van der Waals surface area contributed by atoms with E-state index in [0.717, 1.165) is 16.5 Å². The minimum Gasteiger partial charge on any atom is -0.491 e. The highest BCUT2D eigenvalue weighted by atomic mass is 16.5. The second-order valence-corrected chi connectivity index (χ2v) is 3.78. The zero-order valence-electron chi connectivity index (χ0n) is 9.64. The number of rotatable bonds is 2. The van der Waals surface area contributed by atoms with Crippen molar-refractivity contribution < 1.29 is 9.15 Å². The maximum atomic E-state index is 11.7. The average molecular weight is 242 g/mol. The van der Waals surface area contributed by atoms with Crippen LogP contribution >= 0.6 is 0 Å². The summed E-state index contributed by atoms with van der Waals surface area (Å²) in [7, 11) is 1.46. The van der Waals surface area contributed by atoms with Gasteiger partial charge in [-0.05, 0) is 17.7 Å². The molecule has 0 spiro atoms. The fourth-order valence-electron chi connectivity index (χ4n) is 2.01. The Morgan fingerprint density at radius 3 is 3.00 bits per heavy atom. The maximum absolute atomic E-state index is 11.7. The van der Waals surface area contributed by atoms with Gasteiger partial charge in [-0.2, -0.15) is 5.10 Å². The van der Waals surface area contributed by atoms with Gasteiger partial charge in [0.2, 0.25) is 0 Å². The third-order valence-corrected chi connectivity index (χ3v) is 2.80. The van der Waals surface area contributed by atoms with Crippen LogP contribution in [0.15, 0.2) is 45.9 Å². The van der Waals surface area contributed by atoms with Crippen molar-refractivity contribution >= 4 is 11.0 Å². The molecule has 18 heavy (non-hydrogen) atoms. The maximum Gasteiger partial charge on any atom is 0.307 e. The highest BCUT2D eigenvalue weighted by Gasteiger charge is 2.13. The highest BCUT2D eigenvalue weighted by molar-refractivity contribution is 5.95. The normalized spacial score (nSPS) is 10.7. The van der Waals surface area contributed by atoms with E-state index >= 15 is 0 Å². The van der Waals surface area contributed by atoms with Gasteiger partial charge >= 0.3 is 5.56 Å². The van der Waals surface area contributed by atoms with Gasteiger partial charge in [0, 0.05) is 5.39 Å². The molecule has 0 bridgehead atoms. The minimum atomic E-state index is -0.351. The Morgan fingerprint density at radius 2 is 2.17 bits per heavy atom. The largest absolute Gasteiger partial charge is 0.491 e. The number of nitrogens with one attached hydrogen (secondary N) is 1. The van der Waals surface area contributed by atoms with E-state index in [1.54, 1.807) is 12.5 Å². The molecule has 90 valence electrons. The van der Waals surface area contributed by atoms with Crippen LogP contribution in [0.25, 0.3) is 22.1 Å². The van der Waals surface area contributed by atoms with Crippen molar-refractivity contribution in [3.05, 3.63) is 47.1 Å². The molecule has 0 aliphatic rings. The Morgan fingerprint density at radius 1 is 1.28 bits per heavy atom. The molecule has 0 radical (unpaired) electrons. The van der Waals surface area contributed by atoms with E-state index < -0.39 is 0 Å². The summed E-state index contributed by atoms with van der Waals surface area (Å²) in [4.78, 5) is 11.7. The molecule has 0 saturated carbocycles. The Balaban J connectivity index is 2.36. The summed E-state index contributed by atoms with van der Waals surface area (Å²) in [5.41, 5.74) is 1.91. The Labute approximate surface area is 102 Å². The summed E-state index contributed by atoms with van der Waals surface area (Å²) in [6.45, 7) is 0. The minimum absolute atomic E-state index is 0.249. The van der Waals surface area contributed by atoms with Gasteiger partial charge in [-0.15, -0.1) is 0 Å². The Hall–Kier alpha value is -2.56. The first kappa shape index (κ1) is 10.6. The van der Waals surface area contributed by atoms with Gasteiger partial charge in [-0.3, -0.25) is 4.79 Å². The van der Waals surface area contributed by atoms with Crippen molar-refractivity contribution in [2.45, 2.75) is 0 Å². The first-order valence-corrected chi connectivity index (χ1v) is 5.39. The molecule has 1 N–H and O–H groups in total. The fraction of sp³-hybridized carbons (Fsp3) is 0.0769. The third kappa shape index (κ3) is 1.48. The molecule has 2 heterocycles. The van der Waals surface area contributed by atoms with Crippen LogP contribution in [0.4, 0.5) is 0 Å². The highest BCUT2D eigenvalue weighted by Crippen LogP contribution is 2.32. The molecule has 2 aromatic heterocycles. The molecule has 3 aromatic rings. The first-order chi connectivity index (χ1) is 8.81. The van der Waals surface area contributed by atoms with Crippen LogP contribution < -0.4 is 10.3 Å². The molecule has 3 rings (SSSR count). The van der Waals surface area contributed by atoms with Crippen molar-refractivity contribution in [2.24, 2.45) is 0 Å². The van der Waals surface area contributed by atoms with E-state index in [1.165, 1.54) is 7.11 Å². The van der Waals surface area contributed by atoms with E-state index in [1.807, 2.05) is 24.3 Å². The van der Waals surface area contributed by atoms with E-state index in [4.69, 9.17) is 9.15 Å². The summed E-state index contributed by atoms with van der Waals surface area (Å²) < 4.78 is 10.5. The van der Waals surface area contributed by atoms with Crippen LogP contribution in [0.5, 0.6) is 5.75 Å². The van der Waals surface area contributed by atoms with Crippen molar-refractivity contribution in [2.75, 3.05) is 7.11 Å². The van der Waals surface area contributed by atoms with Gasteiger partial charge in [0.25, 0.3) is 0 Å². The number of fused-ring (bicyclic) bond motifs is 1. The van der Waals surface area contributed by atoms with Crippen molar-refractivity contribution in [1.82, 2.24) is 10.2 Å². The summed E-state index contributed by atoms with van der Waals surface area (Å²) in [5.74, 6) is 0.249. The SMILES string of the molecule is COc1c(-c2cccc3occc23)cn[nH]c1=O. The molecule has 0 aliphatic heterocycles. The Kier molecular flexibility index (Phi) is 2.37. The number of nitrogens with zero attached hydrogens (tertiary/aromatic N) is 1. The molecule has 0 saturated heterocycles. The van der Waals surface area contributed by atoms with Crippen LogP contribution in [0.3, 0.4) is 0 Å². The summed E-state index contributed by atoms with van der Waals surface area (Å²) >= 11 is 0. The topological polar surface area (TPSA) is 68.1 Å². The van der Waals surface area contributed by atoms with E-state index in [9.17, 15) is 4.79 Å². The lowest BCUT2D eigenvalue weighted by atomic mass is 10.0. The lowest BCUT2D eigenvalue weighted by Gasteiger charge is -2.07. The molecule has 0 atom stereocenters. The Bertz CT molecular complexity index is 758. The number of furan rings is 1. The number of aromatic amines is 1. The van der Waals surface area contributed by atoms with Crippen LogP contribution in [0.1, 0.15) is 0 Å². The van der Waals surface area contributed by atoms with Crippen LogP contribution in [-0.4, -0.2) is 17.3 Å². The van der Waals surface area contributed by atoms with Crippen molar-refractivity contribution in [3.8, 4) is 16.9 Å². The molecule has 5 heteroatoms. The number of H-pyrrole nitrogens is 1. The average Bonchev–Trinajstić information content (AvgIpc) is 2.86. The van der Waals surface area contributed by atoms with Crippen LogP contribution in [0.2, 0.25) is 0 Å². The number of methoxy groups -OCH3 is 1. The molecule has 5 nitrogen and oxygen atoms in total.